The van der Waals surface area contributed by atoms with Crippen molar-refractivity contribution in [1.29, 1.82) is 0 Å². The highest BCUT2D eigenvalue weighted by atomic mass is 16.3. The van der Waals surface area contributed by atoms with Gasteiger partial charge in [-0.3, -0.25) is 9.59 Å². The summed E-state index contributed by atoms with van der Waals surface area (Å²) in [4.78, 5) is 25.3. The maximum Gasteiger partial charge on any atom is 0.229 e. The van der Waals surface area contributed by atoms with Crippen LogP contribution in [0.2, 0.25) is 0 Å². The van der Waals surface area contributed by atoms with E-state index in [0.717, 1.165) is 24.9 Å². The third-order valence-electron chi connectivity index (χ3n) is 3.65. The van der Waals surface area contributed by atoms with Crippen molar-refractivity contribution >= 4 is 17.5 Å². The molecule has 1 aliphatic heterocycles. The minimum Gasteiger partial charge on any atom is -0.506 e. The number of hydrogen-bond acceptors (Lipinski definition) is 3. The summed E-state index contributed by atoms with van der Waals surface area (Å²) in [5.41, 5.74) is 1.35. The van der Waals surface area contributed by atoms with Crippen molar-refractivity contribution in [2.24, 2.45) is 5.92 Å². The van der Waals surface area contributed by atoms with Gasteiger partial charge in [-0.2, -0.15) is 0 Å². The average Bonchev–Trinajstić information content (AvgIpc) is 2.42. The third kappa shape index (κ3) is 3.29. The van der Waals surface area contributed by atoms with Crippen LogP contribution in [-0.2, 0) is 9.59 Å². The molecule has 1 heterocycles. The van der Waals surface area contributed by atoms with Gasteiger partial charge < -0.3 is 15.3 Å². The van der Waals surface area contributed by atoms with Crippen LogP contribution in [0.15, 0.2) is 18.2 Å². The first-order valence-electron chi connectivity index (χ1n) is 6.83. The number of benzene rings is 1. The molecule has 1 saturated heterocycles. The molecule has 0 radical (unpaired) electrons. The van der Waals surface area contributed by atoms with E-state index in [9.17, 15) is 14.7 Å². The first-order chi connectivity index (χ1) is 9.47. The molecule has 1 aliphatic rings. The van der Waals surface area contributed by atoms with Crippen molar-refractivity contribution in [3.8, 4) is 5.75 Å². The lowest BCUT2D eigenvalue weighted by Crippen LogP contribution is -2.42. The molecule has 0 saturated carbocycles. The molecule has 1 aromatic rings. The third-order valence-corrected chi connectivity index (χ3v) is 3.65. The summed E-state index contributed by atoms with van der Waals surface area (Å²) in [7, 11) is 0. The molecule has 1 aromatic carbocycles. The van der Waals surface area contributed by atoms with E-state index in [0.29, 0.717) is 12.2 Å². The van der Waals surface area contributed by atoms with E-state index in [1.54, 1.807) is 17.0 Å². The Balaban J connectivity index is 2.02. The Morgan fingerprint density at radius 3 is 2.80 bits per heavy atom. The number of phenolic OH excluding ortho intramolecular Hbond substituents is 1. The highest BCUT2D eigenvalue weighted by Crippen LogP contribution is 2.26. The van der Waals surface area contributed by atoms with Crippen molar-refractivity contribution in [3.63, 3.8) is 0 Å². The van der Waals surface area contributed by atoms with Crippen LogP contribution in [0.1, 0.15) is 25.3 Å². The predicted octanol–water partition coefficient (Wildman–Crippen LogP) is 1.90. The van der Waals surface area contributed by atoms with Gasteiger partial charge in [-0.15, -0.1) is 0 Å². The zero-order chi connectivity index (χ0) is 14.7. The maximum atomic E-state index is 12.2. The van der Waals surface area contributed by atoms with Gasteiger partial charge in [0.1, 0.15) is 5.75 Å². The van der Waals surface area contributed by atoms with Crippen molar-refractivity contribution < 1.29 is 14.7 Å². The number of nitrogens with zero attached hydrogens (tertiary/aromatic N) is 1. The number of carbonyl (C=O) groups is 2. The SMILES string of the molecule is CC(=O)N1CCCC(C(=O)Nc2ccc(C)cc2O)C1. The van der Waals surface area contributed by atoms with Crippen LogP contribution in [0.4, 0.5) is 5.69 Å². The van der Waals surface area contributed by atoms with Crippen LogP contribution in [0.3, 0.4) is 0 Å². The Bertz CT molecular complexity index is 528. The summed E-state index contributed by atoms with van der Waals surface area (Å²) in [6, 6.07) is 5.13. The number of nitrogens with one attached hydrogen (secondary N) is 1. The molecule has 5 nitrogen and oxygen atoms in total. The van der Waals surface area contributed by atoms with Crippen molar-refractivity contribution in [1.82, 2.24) is 4.90 Å². The molecule has 20 heavy (non-hydrogen) atoms. The van der Waals surface area contributed by atoms with Gasteiger partial charge in [-0.25, -0.2) is 0 Å². The molecule has 2 amide bonds. The number of piperidine rings is 1. The fourth-order valence-corrected chi connectivity index (χ4v) is 2.46. The van der Waals surface area contributed by atoms with Crippen LogP contribution < -0.4 is 5.32 Å². The summed E-state index contributed by atoms with van der Waals surface area (Å²) in [5, 5.41) is 12.5. The number of phenols is 1. The van der Waals surface area contributed by atoms with Crippen molar-refractivity contribution in [2.75, 3.05) is 18.4 Å². The van der Waals surface area contributed by atoms with Crippen LogP contribution in [0.5, 0.6) is 5.75 Å². The van der Waals surface area contributed by atoms with Crippen LogP contribution in [0.25, 0.3) is 0 Å². The Hall–Kier alpha value is -2.04. The summed E-state index contributed by atoms with van der Waals surface area (Å²) in [6.07, 6.45) is 1.60. The fraction of sp³-hybridized carbons (Fsp3) is 0.467. The smallest absolute Gasteiger partial charge is 0.229 e. The normalized spacial score (nSPS) is 18.7. The number of likely N-dealkylation sites (tertiary alicyclic amines) is 1. The van der Waals surface area contributed by atoms with Gasteiger partial charge in [0.25, 0.3) is 0 Å². The highest BCUT2D eigenvalue weighted by molar-refractivity contribution is 5.94. The van der Waals surface area contributed by atoms with E-state index in [1.807, 2.05) is 13.0 Å². The van der Waals surface area contributed by atoms with Gasteiger partial charge in [-0.1, -0.05) is 6.07 Å². The number of carbonyl (C=O) groups excluding carboxylic acids is 2. The Kier molecular flexibility index (Phi) is 4.27. The summed E-state index contributed by atoms with van der Waals surface area (Å²) in [6.45, 7) is 4.56. The Morgan fingerprint density at radius 2 is 2.15 bits per heavy atom. The second-order valence-electron chi connectivity index (χ2n) is 5.31. The zero-order valence-electron chi connectivity index (χ0n) is 11.8. The molecule has 108 valence electrons. The molecular formula is C15H20N2O3. The van der Waals surface area contributed by atoms with Gasteiger partial charge in [-0.05, 0) is 37.5 Å². The molecule has 2 rings (SSSR count). The maximum absolute atomic E-state index is 12.2. The zero-order valence-corrected chi connectivity index (χ0v) is 11.8. The molecule has 0 aliphatic carbocycles. The standard InChI is InChI=1S/C15H20N2O3/c1-10-5-6-13(14(19)8-10)16-15(20)12-4-3-7-17(9-12)11(2)18/h5-6,8,12,19H,3-4,7,9H2,1-2H3,(H,16,20). The van der Waals surface area contributed by atoms with Crippen molar-refractivity contribution in [3.05, 3.63) is 23.8 Å². The number of rotatable bonds is 2. The molecule has 2 N–H and O–H groups in total. The molecule has 0 spiro atoms. The lowest BCUT2D eigenvalue weighted by Gasteiger charge is -2.31. The second kappa shape index (κ2) is 5.94. The van der Waals surface area contributed by atoms with E-state index in [-0.39, 0.29) is 23.5 Å². The average molecular weight is 276 g/mol. The van der Waals surface area contributed by atoms with E-state index >= 15 is 0 Å². The molecule has 0 aromatic heterocycles. The van der Waals surface area contributed by atoms with Crippen molar-refractivity contribution in [2.45, 2.75) is 26.7 Å². The molecule has 1 fully saturated rings. The fourth-order valence-electron chi connectivity index (χ4n) is 2.46. The number of aryl methyl sites for hydroxylation is 1. The minimum absolute atomic E-state index is 0.000633. The number of amides is 2. The van der Waals surface area contributed by atoms with E-state index in [1.165, 1.54) is 6.92 Å². The molecular weight excluding hydrogens is 256 g/mol. The van der Waals surface area contributed by atoms with Gasteiger partial charge in [0.2, 0.25) is 11.8 Å². The first kappa shape index (κ1) is 14.4. The van der Waals surface area contributed by atoms with Gasteiger partial charge in [0.05, 0.1) is 11.6 Å². The number of aromatic hydroxyl groups is 1. The Labute approximate surface area is 118 Å². The number of anilines is 1. The van der Waals surface area contributed by atoms with Gasteiger partial charge in [0.15, 0.2) is 0 Å². The molecule has 0 bridgehead atoms. The van der Waals surface area contributed by atoms with Gasteiger partial charge in [0, 0.05) is 20.0 Å². The largest absolute Gasteiger partial charge is 0.506 e. The van der Waals surface area contributed by atoms with E-state index in [2.05, 4.69) is 5.32 Å². The quantitative estimate of drug-likeness (QED) is 0.810. The van der Waals surface area contributed by atoms with Gasteiger partial charge >= 0.3 is 0 Å². The summed E-state index contributed by atoms with van der Waals surface area (Å²) < 4.78 is 0. The summed E-state index contributed by atoms with van der Waals surface area (Å²) in [5.74, 6) is -0.290. The monoisotopic (exact) mass is 276 g/mol. The lowest BCUT2D eigenvalue weighted by molar-refractivity contribution is -0.132. The van der Waals surface area contributed by atoms with Crippen LogP contribution >= 0.6 is 0 Å². The van der Waals surface area contributed by atoms with Crippen LogP contribution in [0, 0.1) is 12.8 Å². The highest BCUT2D eigenvalue weighted by Gasteiger charge is 2.27. The summed E-state index contributed by atoms with van der Waals surface area (Å²) >= 11 is 0. The molecule has 1 unspecified atom stereocenters. The van der Waals surface area contributed by atoms with E-state index in [4.69, 9.17) is 0 Å². The molecule has 1 atom stereocenters. The minimum atomic E-state index is -0.214. The second-order valence-corrected chi connectivity index (χ2v) is 5.31. The predicted molar refractivity (Wildman–Crippen MR) is 76.5 cm³/mol. The van der Waals surface area contributed by atoms with E-state index < -0.39 is 0 Å². The first-order valence-corrected chi connectivity index (χ1v) is 6.83. The molecule has 5 heteroatoms. The Morgan fingerprint density at radius 1 is 1.40 bits per heavy atom. The lowest BCUT2D eigenvalue weighted by atomic mass is 9.97. The number of hydrogen-bond donors (Lipinski definition) is 2. The van der Waals surface area contributed by atoms with Crippen LogP contribution in [-0.4, -0.2) is 34.9 Å². The topological polar surface area (TPSA) is 69.6 Å².